The number of nitrogens with zero attached hydrogens (tertiary/aromatic N) is 2. The van der Waals surface area contributed by atoms with E-state index in [4.69, 9.17) is 5.73 Å². The smallest absolute Gasteiger partial charge is 0.222 e. The molecular weight excluding hydrogens is 250 g/mol. The van der Waals surface area contributed by atoms with Gasteiger partial charge < -0.3 is 15.5 Å². The van der Waals surface area contributed by atoms with Crippen LogP contribution in [-0.2, 0) is 4.79 Å². The van der Waals surface area contributed by atoms with E-state index < -0.39 is 0 Å². The second-order valence-electron chi connectivity index (χ2n) is 6.36. The number of rotatable bonds is 8. The summed E-state index contributed by atoms with van der Waals surface area (Å²) in [5.74, 6) is 0.966. The summed E-state index contributed by atoms with van der Waals surface area (Å²) in [7, 11) is 0. The fraction of sp³-hybridized carbons (Fsp3) is 0.938. The molecule has 1 saturated heterocycles. The Morgan fingerprint density at radius 3 is 2.60 bits per heavy atom. The number of hydrogen-bond donors (Lipinski definition) is 1. The number of carbonyl (C=O) groups excluding carboxylic acids is 1. The molecule has 0 aromatic carbocycles. The van der Waals surface area contributed by atoms with Crippen LogP contribution in [0.1, 0.15) is 52.4 Å². The molecule has 118 valence electrons. The topological polar surface area (TPSA) is 49.6 Å². The van der Waals surface area contributed by atoms with Crippen molar-refractivity contribution in [3.8, 4) is 0 Å². The van der Waals surface area contributed by atoms with Crippen molar-refractivity contribution < 1.29 is 4.79 Å². The molecule has 1 amide bonds. The molecule has 1 rings (SSSR count). The minimum Gasteiger partial charge on any atom is -0.341 e. The largest absolute Gasteiger partial charge is 0.341 e. The zero-order valence-corrected chi connectivity index (χ0v) is 13.4. The highest BCUT2D eigenvalue weighted by Gasteiger charge is 2.18. The molecular formula is C16H33N3O. The number of carbonyl (C=O) groups is 1. The van der Waals surface area contributed by atoms with E-state index in [1.807, 2.05) is 0 Å². The lowest BCUT2D eigenvalue weighted by Crippen LogP contribution is -2.35. The highest BCUT2D eigenvalue weighted by atomic mass is 16.2. The lowest BCUT2D eigenvalue weighted by Gasteiger charge is -2.22. The molecule has 1 aliphatic rings. The Morgan fingerprint density at radius 2 is 1.90 bits per heavy atom. The molecule has 0 atom stereocenters. The van der Waals surface area contributed by atoms with Crippen LogP contribution < -0.4 is 5.73 Å². The van der Waals surface area contributed by atoms with Crippen LogP contribution >= 0.6 is 0 Å². The first-order chi connectivity index (χ1) is 9.63. The highest BCUT2D eigenvalue weighted by molar-refractivity contribution is 5.76. The summed E-state index contributed by atoms with van der Waals surface area (Å²) in [6.45, 7) is 10.3. The van der Waals surface area contributed by atoms with Crippen LogP contribution in [0.4, 0.5) is 0 Å². The van der Waals surface area contributed by atoms with E-state index >= 15 is 0 Å². The molecule has 4 nitrogen and oxygen atoms in total. The van der Waals surface area contributed by atoms with Gasteiger partial charge in [-0.15, -0.1) is 0 Å². The zero-order valence-electron chi connectivity index (χ0n) is 13.4. The summed E-state index contributed by atoms with van der Waals surface area (Å²) in [6.07, 6.45) is 6.44. The van der Waals surface area contributed by atoms with Crippen molar-refractivity contribution in [1.82, 2.24) is 9.80 Å². The third-order valence-electron chi connectivity index (χ3n) is 4.06. The van der Waals surface area contributed by atoms with Crippen molar-refractivity contribution in [3.05, 3.63) is 0 Å². The van der Waals surface area contributed by atoms with Crippen molar-refractivity contribution in [2.24, 2.45) is 11.7 Å². The van der Waals surface area contributed by atoms with Gasteiger partial charge in [0.25, 0.3) is 0 Å². The minimum atomic E-state index is 0.351. The number of amides is 1. The van der Waals surface area contributed by atoms with Crippen LogP contribution in [0.2, 0.25) is 0 Å². The molecule has 0 aromatic heterocycles. The Labute approximate surface area is 124 Å². The average Bonchev–Trinajstić information content (AvgIpc) is 2.66. The molecule has 0 aromatic rings. The number of hydrogen-bond acceptors (Lipinski definition) is 3. The van der Waals surface area contributed by atoms with E-state index in [0.29, 0.717) is 18.2 Å². The van der Waals surface area contributed by atoms with Gasteiger partial charge in [0.1, 0.15) is 0 Å². The normalized spacial score (nSPS) is 17.5. The van der Waals surface area contributed by atoms with Gasteiger partial charge in [-0.3, -0.25) is 4.79 Å². The van der Waals surface area contributed by atoms with Gasteiger partial charge in [-0.05, 0) is 51.2 Å². The maximum absolute atomic E-state index is 12.2. The fourth-order valence-electron chi connectivity index (χ4n) is 2.67. The summed E-state index contributed by atoms with van der Waals surface area (Å²) in [5, 5.41) is 0. The van der Waals surface area contributed by atoms with E-state index in [0.717, 1.165) is 58.5 Å². The molecule has 1 aliphatic heterocycles. The molecule has 20 heavy (non-hydrogen) atoms. The van der Waals surface area contributed by atoms with Gasteiger partial charge in [0.15, 0.2) is 0 Å². The van der Waals surface area contributed by atoms with Crippen LogP contribution in [0.15, 0.2) is 0 Å². The minimum absolute atomic E-state index is 0.351. The Hall–Kier alpha value is -0.610. The number of nitrogens with two attached hydrogens (primary N) is 1. The summed E-state index contributed by atoms with van der Waals surface area (Å²) in [6, 6.07) is 0. The first kappa shape index (κ1) is 17.4. The first-order valence-electron chi connectivity index (χ1n) is 8.33. The molecule has 1 fully saturated rings. The highest BCUT2D eigenvalue weighted by Crippen LogP contribution is 2.10. The molecule has 4 heteroatoms. The molecule has 1 heterocycles. The standard InChI is InChI=1S/C16H33N3O/c1-15(2)7-8-16(20)19-12-6-11-18(13-14-19)10-5-3-4-9-17/h15H,3-14,17H2,1-2H3. The average molecular weight is 283 g/mol. The second-order valence-corrected chi connectivity index (χ2v) is 6.36. The van der Waals surface area contributed by atoms with Gasteiger partial charge in [0, 0.05) is 26.1 Å². The van der Waals surface area contributed by atoms with Crippen LogP contribution in [-0.4, -0.2) is 55.0 Å². The van der Waals surface area contributed by atoms with E-state index in [2.05, 4.69) is 23.6 Å². The summed E-state index contributed by atoms with van der Waals surface area (Å²) in [5.41, 5.74) is 5.52. The van der Waals surface area contributed by atoms with Crippen LogP contribution in [0.25, 0.3) is 0 Å². The van der Waals surface area contributed by atoms with E-state index in [-0.39, 0.29) is 0 Å². The van der Waals surface area contributed by atoms with E-state index in [1.165, 1.54) is 12.8 Å². The van der Waals surface area contributed by atoms with Crippen molar-refractivity contribution in [1.29, 1.82) is 0 Å². The van der Waals surface area contributed by atoms with Gasteiger partial charge in [-0.1, -0.05) is 20.3 Å². The van der Waals surface area contributed by atoms with Crippen molar-refractivity contribution in [3.63, 3.8) is 0 Å². The Balaban J connectivity index is 2.22. The molecule has 0 spiro atoms. The van der Waals surface area contributed by atoms with Crippen LogP contribution in [0, 0.1) is 5.92 Å². The molecule has 0 aliphatic carbocycles. The Kier molecular flexibility index (Phi) is 8.86. The maximum atomic E-state index is 12.2. The first-order valence-corrected chi connectivity index (χ1v) is 8.33. The Morgan fingerprint density at radius 1 is 1.10 bits per heavy atom. The third-order valence-corrected chi connectivity index (χ3v) is 4.06. The second kappa shape index (κ2) is 10.2. The van der Waals surface area contributed by atoms with E-state index in [1.54, 1.807) is 0 Å². The zero-order chi connectivity index (χ0) is 14.8. The van der Waals surface area contributed by atoms with Crippen molar-refractivity contribution >= 4 is 5.91 Å². The monoisotopic (exact) mass is 283 g/mol. The van der Waals surface area contributed by atoms with Gasteiger partial charge in [0.05, 0.1) is 0 Å². The predicted molar refractivity (Wildman–Crippen MR) is 84.6 cm³/mol. The lowest BCUT2D eigenvalue weighted by atomic mass is 10.1. The van der Waals surface area contributed by atoms with Crippen LogP contribution in [0.5, 0.6) is 0 Å². The third kappa shape index (κ3) is 7.25. The maximum Gasteiger partial charge on any atom is 0.222 e. The molecule has 0 radical (unpaired) electrons. The summed E-state index contributed by atoms with van der Waals surface area (Å²) < 4.78 is 0. The van der Waals surface area contributed by atoms with Crippen molar-refractivity contribution in [2.75, 3.05) is 39.3 Å². The van der Waals surface area contributed by atoms with Gasteiger partial charge in [0.2, 0.25) is 5.91 Å². The van der Waals surface area contributed by atoms with Gasteiger partial charge >= 0.3 is 0 Å². The molecule has 0 bridgehead atoms. The summed E-state index contributed by atoms with van der Waals surface area (Å²) >= 11 is 0. The van der Waals surface area contributed by atoms with Gasteiger partial charge in [-0.2, -0.15) is 0 Å². The summed E-state index contributed by atoms with van der Waals surface area (Å²) in [4.78, 5) is 16.7. The molecule has 2 N–H and O–H groups in total. The predicted octanol–water partition coefficient (Wildman–Crippen LogP) is 2.09. The lowest BCUT2D eigenvalue weighted by molar-refractivity contribution is -0.131. The Bertz CT molecular complexity index is 268. The SMILES string of the molecule is CC(C)CCC(=O)N1CCCN(CCCCCN)CC1. The number of unbranched alkanes of at least 4 members (excludes halogenated alkanes) is 2. The molecule has 0 saturated carbocycles. The van der Waals surface area contributed by atoms with E-state index in [9.17, 15) is 4.79 Å². The van der Waals surface area contributed by atoms with Crippen molar-refractivity contribution in [2.45, 2.75) is 52.4 Å². The fourth-order valence-corrected chi connectivity index (χ4v) is 2.67. The van der Waals surface area contributed by atoms with Gasteiger partial charge in [-0.25, -0.2) is 0 Å². The molecule has 0 unspecified atom stereocenters. The quantitative estimate of drug-likeness (QED) is 0.694. The van der Waals surface area contributed by atoms with Crippen LogP contribution in [0.3, 0.4) is 0 Å².